The summed E-state index contributed by atoms with van der Waals surface area (Å²) >= 11 is 10.1. The second-order valence-electron chi connectivity index (χ2n) is 6.71. The van der Waals surface area contributed by atoms with Crippen molar-refractivity contribution >= 4 is 57.5 Å². The van der Waals surface area contributed by atoms with Crippen LogP contribution in [0, 0.1) is 0 Å². The Bertz CT molecular complexity index is 843. The largest absolute Gasteiger partial charge is 0.497 e. The molecule has 0 fully saturated rings. The van der Waals surface area contributed by atoms with E-state index in [2.05, 4.69) is 31.7 Å². The number of methoxy groups -OCH3 is 2. The lowest BCUT2D eigenvalue weighted by molar-refractivity contribution is 0.415. The standard InChI is InChI=1S/2C11H15N3OS/c2*1-8(2)13-14-11(16)12-9-4-6-10(15-3)7-5-9/h2*4-7H,1-3H3,(H2,12,14,16). The Morgan fingerprint density at radius 3 is 1.19 bits per heavy atom. The third kappa shape index (κ3) is 11.8. The van der Waals surface area contributed by atoms with Crippen molar-refractivity contribution in [3.8, 4) is 11.5 Å². The van der Waals surface area contributed by atoms with Gasteiger partial charge in [-0.15, -0.1) is 0 Å². The maximum Gasteiger partial charge on any atom is 0.191 e. The summed E-state index contributed by atoms with van der Waals surface area (Å²) in [7, 11) is 3.26. The molecule has 0 saturated heterocycles. The van der Waals surface area contributed by atoms with Crippen molar-refractivity contribution in [2.45, 2.75) is 27.7 Å². The lowest BCUT2D eigenvalue weighted by Gasteiger charge is -2.07. The molecule has 0 heterocycles. The summed E-state index contributed by atoms with van der Waals surface area (Å²) in [5.74, 6) is 1.62. The van der Waals surface area contributed by atoms with Crippen molar-refractivity contribution in [1.29, 1.82) is 0 Å². The SMILES string of the molecule is COc1ccc(NC(=S)NN=C(C)C)cc1.COc1ccc(NC(=S)NN=C(C)C)cc1. The van der Waals surface area contributed by atoms with Crippen LogP contribution in [0.4, 0.5) is 11.4 Å². The maximum absolute atomic E-state index is 5.06. The second-order valence-corrected chi connectivity index (χ2v) is 7.52. The van der Waals surface area contributed by atoms with Gasteiger partial charge in [0.25, 0.3) is 0 Å². The average molecular weight is 475 g/mol. The van der Waals surface area contributed by atoms with Crippen molar-refractivity contribution in [1.82, 2.24) is 10.9 Å². The molecular weight excluding hydrogens is 444 g/mol. The van der Waals surface area contributed by atoms with Gasteiger partial charge in [-0.05, 0) is 101 Å². The van der Waals surface area contributed by atoms with Gasteiger partial charge in [0.15, 0.2) is 10.2 Å². The minimum absolute atomic E-state index is 0.464. The molecule has 0 aromatic heterocycles. The van der Waals surface area contributed by atoms with Gasteiger partial charge in [-0.25, -0.2) is 0 Å². The molecule has 0 aliphatic heterocycles. The van der Waals surface area contributed by atoms with E-state index in [9.17, 15) is 0 Å². The first-order valence-corrected chi connectivity index (χ1v) is 10.5. The van der Waals surface area contributed by atoms with E-state index in [1.54, 1.807) is 14.2 Å². The van der Waals surface area contributed by atoms with Gasteiger partial charge in [-0.3, -0.25) is 10.9 Å². The monoisotopic (exact) mass is 474 g/mol. The van der Waals surface area contributed by atoms with Crippen LogP contribution in [0.15, 0.2) is 58.7 Å². The molecule has 8 nitrogen and oxygen atoms in total. The zero-order valence-corrected chi connectivity index (χ0v) is 20.8. The molecule has 0 spiro atoms. The van der Waals surface area contributed by atoms with E-state index in [4.69, 9.17) is 33.9 Å². The average Bonchev–Trinajstić information content (AvgIpc) is 2.78. The summed E-state index contributed by atoms with van der Waals surface area (Å²) in [4.78, 5) is 0. The molecule has 0 atom stereocenters. The highest BCUT2D eigenvalue weighted by Gasteiger charge is 1.97. The van der Waals surface area contributed by atoms with E-state index >= 15 is 0 Å². The normalized spacial score (nSPS) is 9.19. The molecule has 4 N–H and O–H groups in total. The summed E-state index contributed by atoms with van der Waals surface area (Å²) in [6, 6.07) is 15.0. The third-order valence-corrected chi connectivity index (χ3v) is 3.84. The first kappa shape index (κ1) is 26.8. The Balaban J connectivity index is 0.000000320. The molecule has 32 heavy (non-hydrogen) atoms. The molecule has 0 aliphatic carbocycles. The molecule has 10 heteroatoms. The Kier molecular flexibility index (Phi) is 12.3. The van der Waals surface area contributed by atoms with Gasteiger partial charge >= 0.3 is 0 Å². The van der Waals surface area contributed by atoms with Crippen LogP contribution in [0.1, 0.15) is 27.7 Å². The third-order valence-electron chi connectivity index (χ3n) is 3.46. The number of benzene rings is 2. The molecule has 0 bridgehead atoms. The molecule has 2 rings (SSSR count). The van der Waals surface area contributed by atoms with Crippen LogP contribution >= 0.6 is 24.4 Å². The Hall–Kier alpha value is -3.24. The molecule has 2 aromatic rings. The topological polar surface area (TPSA) is 91.3 Å². The van der Waals surface area contributed by atoms with Gasteiger partial charge in [0, 0.05) is 22.8 Å². The van der Waals surface area contributed by atoms with Gasteiger partial charge in [0.2, 0.25) is 0 Å². The van der Waals surface area contributed by atoms with Crippen molar-refractivity contribution < 1.29 is 9.47 Å². The number of ether oxygens (including phenoxy) is 2. The molecule has 0 radical (unpaired) electrons. The minimum atomic E-state index is 0.464. The van der Waals surface area contributed by atoms with Crippen LogP contribution in [0.25, 0.3) is 0 Å². The zero-order valence-electron chi connectivity index (χ0n) is 19.1. The lowest BCUT2D eigenvalue weighted by atomic mass is 10.3. The Morgan fingerprint density at radius 2 is 0.938 bits per heavy atom. The first-order valence-electron chi connectivity index (χ1n) is 9.67. The highest BCUT2D eigenvalue weighted by molar-refractivity contribution is 7.80. The highest BCUT2D eigenvalue weighted by atomic mass is 32.1. The molecular formula is C22H30N6O2S2. The van der Waals surface area contributed by atoms with Crippen molar-refractivity contribution in [2.24, 2.45) is 10.2 Å². The number of anilines is 2. The second kappa shape index (κ2) is 14.7. The smallest absolute Gasteiger partial charge is 0.191 e. The number of nitrogens with zero attached hydrogens (tertiary/aromatic N) is 2. The number of rotatable bonds is 6. The molecule has 0 saturated carbocycles. The quantitative estimate of drug-likeness (QED) is 0.271. The van der Waals surface area contributed by atoms with E-state index in [0.29, 0.717) is 10.2 Å². The number of hydrogen-bond acceptors (Lipinski definition) is 6. The summed E-state index contributed by atoms with van der Waals surface area (Å²) < 4.78 is 10.1. The van der Waals surface area contributed by atoms with E-state index in [1.807, 2.05) is 76.2 Å². The van der Waals surface area contributed by atoms with Gasteiger partial charge in [-0.1, -0.05) is 0 Å². The van der Waals surface area contributed by atoms with Crippen molar-refractivity contribution in [2.75, 3.05) is 24.9 Å². The molecule has 2 aromatic carbocycles. The summed E-state index contributed by atoms with van der Waals surface area (Å²) in [6.45, 7) is 7.57. The van der Waals surface area contributed by atoms with Crippen molar-refractivity contribution in [3.05, 3.63) is 48.5 Å². The van der Waals surface area contributed by atoms with Gasteiger partial charge in [-0.2, -0.15) is 10.2 Å². The first-order chi connectivity index (χ1) is 15.2. The van der Waals surface area contributed by atoms with Crippen molar-refractivity contribution in [3.63, 3.8) is 0 Å². The fourth-order valence-electron chi connectivity index (χ4n) is 1.99. The molecule has 0 aliphatic rings. The zero-order chi connectivity index (χ0) is 23.9. The van der Waals surface area contributed by atoms with Crippen LogP contribution in [-0.4, -0.2) is 35.9 Å². The highest BCUT2D eigenvalue weighted by Crippen LogP contribution is 2.15. The number of thiocarbonyl (C=S) groups is 2. The Labute approximate surface area is 200 Å². The predicted molar refractivity (Wildman–Crippen MR) is 142 cm³/mol. The van der Waals surface area contributed by atoms with E-state index in [1.165, 1.54) is 0 Å². The minimum Gasteiger partial charge on any atom is -0.497 e. The predicted octanol–water partition coefficient (Wildman–Crippen LogP) is 4.75. The van der Waals surface area contributed by atoms with E-state index in [-0.39, 0.29) is 0 Å². The molecule has 172 valence electrons. The van der Waals surface area contributed by atoms with Crippen LogP contribution in [0.5, 0.6) is 11.5 Å². The van der Waals surface area contributed by atoms with Crippen LogP contribution in [0.3, 0.4) is 0 Å². The van der Waals surface area contributed by atoms with Gasteiger partial charge in [0.05, 0.1) is 14.2 Å². The van der Waals surface area contributed by atoms with Gasteiger partial charge < -0.3 is 20.1 Å². The fourth-order valence-corrected chi connectivity index (χ4v) is 2.32. The molecule has 0 unspecified atom stereocenters. The van der Waals surface area contributed by atoms with Crippen LogP contribution in [0.2, 0.25) is 0 Å². The van der Waals surface area contributed by atoms with Gasteiger partial charge in [0.1, 0.15) is 11.5 Å². The lowest BCUT2D eigenvalue weighted by Crippen LogP contribution is -2.24. The van der Waals surface area contributed by atoms with Crippen LogP contribution in [-0.2, 0) is 0 Å². The molecule has 0 amide bonds. The number of hydrogen-bond donors (Lipinski definition) is 4. The summed E-state index contributed by atoms with van der Waals surface area (Å²) in [5, 5.41) is 14.9. The number of nitrogens with one attached hydrogen (secondary N) is 4. The maximum atomic E-state index is 5.06. The number of hydrazone groups is 2. The fraction of sp³-hybridized carbons (Fsp3) is 0.273. The van der Waals surface area contributed by atoms with Crippen LogP contribution < -0.4 is 31.0 Å². The Morgan fingerprint density at radius 1 is 0.625 bits per heavy atom. The summed E-state index contributed by atoms with van der Waals surface area (Å²) in [6.07, 6.45) is 0. The summed E-state index contributed by atoms with van der Waals surface area (Å²) in [5.41, 5.74) is 9.09. The van der Waals surface area contributed by atoms with E-state index in [0.717, 1.165) is 34.3 Å². The van der Waals surface area contributed by atoms with E-state index < -0.39 is 0 Å².